The number of nitrogens with zero attached hydrogens (tertiary/aromatic N) is 2. The van der Waals surface area contributed by atoms with Crippen LogP contribution in [0.3, 0.4) is 0 Å². The van der Waals surface area contributed by atoms with E-state index in [9.17, 15) is 0 Å². The van der Waals surface area contributed by atoms with E-state index >= 15 is 0 Å². The van der Waals surface area contributed by atoms with Gasteiger partial charge in [-0.05, 0) is 18.9 Å². The monoisotopic (exact) mass is 240 g/mol. The number of aromatic nitrogens is 2. The van der Waals surface area contributed by atoms with Gasteiger partial charge >= 0.3 is 0 Å². The van der Waals surface area contributed by atoms with Gasteiger partial charge in [-0.1, -0.05) is 25.4 Å². The lowest BCUT2D eigenvalue weighted by Gasteiger charge is -2.00. The van der Waals surface area contributed by atoms with Gasteiger partial charge in [0.15, 0.2) is 0 Å². The predicted molar refractivity (Wildman–Crippen MR) is 65.9 cm³/mol. The van der Waals surface area contributed by atoms with Gasteiger partial charge in [-0.2, -0.15) is 0 Å². The second kappa shape index (κ2) is 4.06. The maximum atomic E-state index is 6.19. The minimum Gasteiger partial charge on any atom is -0.222 e. The first kappa shape index (κ1) is 10.8. The molecule has 0 saturated heterocycles. The second-order valence-electron chi connectivity index (χ2n) is 3.45. The lowest BCUT2D eigenvalue weighted by atomic mass is 10.1. The highest BCUT2D eigenvalue weighted by Gasteiger charge is 2.13. The summed E-state index contributed by atoms with van der Waals surface area (Å²) in [6.45, 7) is 6.30. The molecule has 0 fully saturated rings. The fraction of sp³-hybridized carbons (Fsp3) is 0.455. The SMILES string of the molecule is CCc1nc(Cl)c2c(CC)c(C)sc2n1. The summed E-state index contributed by atoms with van der Waals surface area (Å²) in [7, 11) is 0. The molecule has 0 aliphatic rings. The average molecular weight is 241 g/mol. The van der Waals surface area contributed by atoms with Crippen LogP contribution >= 0.6 is 22.9 Å². The Hall–Kier alpha value is -0.670. The van der Waals surface area contributed by atoms with Gasteiger partial charge in [-0.25, -0.2) is 9.97 Å². The quantitative estimate of drug-likeness (QED) is 0.747. The van der Waals surface area contributed by atoms with E-state index in [2.05, 4.69) is 23.8 Å². The number of halogens is 1. The van der Waals surface area contributed by atoms with E-state index in [1.807, 2.05) is 6.92 Å². The molecule has 2 nitrogen and oxygen atoms in total. The predicted octanol–water partition coefficient (Wildman–Crippen LogP) is 3.78. The number of fused-ring (bicyclic) bond motifs is 1. The number of rotatable bonds is 2. The molecule has 0 aliphatic heterocycles. The van der Waals surface area contributed by atoms with E-state index in [1.165, 1.54) is 10.4 Å². The zero-order valence-corrected chi connectivity index (χ0v) is 10.7. The van der Waals surface area contributed by atoms with Crippen molar-refractivity contribution in [1.82, 2.24) is 9.97 Å². The summed E-state index contributed by atoms with van der Waals surface area (Å²) < 4.78 is 0. The Morgan fingerprint density at radius 1 is 1.20 bits per heavy atom. The van der Waals surface area contributed by atoms with Gasteiger partial charge in [-0.3, -0.25) is 0 Å². The highest BCUT2D eigenvalue weighted by molar-refractivity contribution is 7.18. The molecule has 0 saturated carbocycles. The van der Waals surface area contributed by atoms with Crippen molar-refractivity contribution in [3.05, 3.63) is 21.4 Å². The van der Waals surface area contributed by atoms with E-state index < -0.39 is 0 Å². The summed E-state index contributed by atoms with van der Waals surface area (Å²) in [5.41, 5.74) is 1.29. The Balaban J connectivity index is 2.79. The van der Waals surface area contributed by atoms with Crippen molar-refractivity contribution >= 4 is 33.2 Å². The summed E-state index contributed by atoms with van der Waals surface area (Å²) >= 11 is 7.91. The minimum absolute atomic E-state index is 0.609. The lowest BCUT2D eigenvalue weighted by molar-refractivity contribution is 0.963. The van der Waals surface area contributed by atoms with E-state index in [-0.39, 0.29) is 0 Å². The van der Waals surface area contributed by atoms with Crippen molar-refractivity contribution in [2.75, 3.05) is 0 Å². The van der Waals surface area contributed by atoms with Crippen LogP contribution in [0.5, 0.6) is 0 Å². The van der Waals surface area contributed by atoms with Crippen molar-refractivity contribution in [3.63, 3.8) is 0 Å². The third-order valence-corrected chi connectivity index (χ3v) is 3.84. The Morgan fingerprint density at radius 3 is 2.53 bits per heavy atom. The van der Waals surface area contributed by atoms with Crippen molar-refractivity contribution in [1.29, 1.82) is 0 Å². The molecule has 80 valence electrons. The van der Waals surface area contributed by atoms with Crippen molar-refractivity contribution in [3.8, 4) is 0 Å². The first-order valence-corrected chi connectivity index (χ1v) is 6.31. The van der Waals surface area contributed by atoms with E-state index in [0.717, 1.165) is 28.9 Å². The van der Waals surface area contributed by atoms with E-state index in [0.29, 0.717) is 5.15 Å². The average Bonchev–Trinajstić information content (AvgIpc) is 2.53. The highest BCUT2D eigenvalue weighted by atomic mass is 35.5. The molecule has 0 bridgehead atoms. The maximum Gasteiger partial charge on any atom is 0.141 e. The molecule has 15 heavy (non-hydrogen) atoms. The topological polar surface area (TPSA) is 25.8 Å². The van der Waals surface area contributed by atoms with Crippen LogP contribution < -0.4 is 0 Å². The fourth-order valence-electron chi connectivity index (χ4n) is 1.75. The molecule has 2 aromatic rings. The molecular weight excluding hydrogens is 228 g/mol. The van der Waals surface area contributed by atoms with Crippen LogP contribution in [-0.2, 0) is 12.8 Å². The summed E-state index contributed by atoms with van der Waals surface area (Å²) in [6, 6.07) is 0. The molecule has 0 aliphatic carbocycles. The Morgan fingerprint density at radius 2 is 1.93 bits per heavy atom. The smallest absolute Gasteiger partial charge is 0.141 e. The van der Waals surface area contributed by atoms with Gasteiger partial charge in [-0.15, -0.1) is 11.3 Å². The molecule has 0 spiro atoms. The van der Waals surface area contributed by atoms with E-state index in [4.69, 9.17) is 11.6 Å². The van der Waals surface area contributed by atoms with Crippen LogP contribution in [0, 0.1) is 6.92 Å². The zero-order chi connectivity index (χ0) is 11.0. The van der Waals surface area contributed by atoms with Crippen molar-refractivity contribution < 1.29 is 0 Å². The Bertz CT molecular complexity index is 505. The molecule has 4 heteroatoms. The van der Waals surface area contributed by atoms with Gasteiger partial charge < -0.3 is 0 Å². The van der Waals surface area contributed by atoms with E-state index in [1.54, 1.807) is 11.3 Å². The normalized spacial score (nSPS) is 11.2. The molecule has 0 unspecified atom stereocenters. The van der Waals surface area contributed by atoms with Gasteiger partial charge in [0, 0.05) is 11.3 Å². The van der Waals surface area contributed by atoms with Gasteiger partial charge in [0.25, 0.3) is 0 Å². The van der Waals surface area contributed by atoms with Crippen LogP contribution in [-0.4, -0.2) is 9.97 Å². The summed E-state index contributed by atoms with van der Waals surface area (Å²) in [4.78, 5) is 11.1. The van der Waals surface area contributed by atoms with Gasteiger partial charge in [0.1, 0.15) is 15.8 Å². The van der Waals surface area contributed by atoms with Crippen LogP contribution in [0.2, 0.25) is 5.15 Å². The Kier molecular flexibility index (Phi) is 2.94. The van der Waals surface area contributed by atoms with Crippen LogP contribution in [0.4, 0.5) is 0 Å². The highest BCUT2D eigenvalue weighted by Crippen LogP contribution is 2.33. The largest absolute Gasteiger partial charge is 0.222 e. The summed E-state index contributed by atoms with van der Waals surface area (Å²) in [5.74, 6) is 0.830. The molecule has 2 rings (SSSR count). The number of hydrogen-bond acceptors (Lipinski definition) is 3. The van der Waals surface area contributed by atoms with Gasteiger partial charge in [0.05, 0.1) is 5.39 Å². The van der Waals surface area contributed by atoms with Crippen LogP contribution in [0.15, 0.2) is 0 Å². The van der Waals surface area contributed by atoms with Gasteiger partial charge in [0.2, 0.25) is 0 Å². The molecular formula is C11H13ClN2S. The fourth-order valence-corrected chi connectivity index (χ4v) is 3.24. The first-order valence-electron chi connectivity index (χ1n) is 5.11. The standard InChI is InChI=1S/C11H13ClN2S/c1-4-7-6(3)15-11-9(7)10(12)13-8(5-2)14-11/h4-5H2,1-3H3. The summed E-state index contributed by atoms with van der Waals surface area (Å²) in [6.07, 6.45) is 1.81. The van der Waals surface area contributed by atoms with Crippen molar-refractivity contribution in [2.24, 2.45) is 0 Å². The van der Waals surface area contributed by atoms with Crippen LogP contribution in [0.1, 0.15) is 30.1 Å². The van der Waals surface area contributed by atoms with Crippen LogP contribution in [0.25, 0.3) is 10.2 Å². The molecule has 2 aromatic heterocycles. The number of thiophene rings is 1. The van der Waals surface area contributed by atoms with Crippen molar-refractivity contribution in [2.45, 2.75) is 33.6 Å². The maximum absolute atomic E-state index is 6.19. The minimum atomic E-state index is 0.609. The molecule has 0 atom stereocenters. The number of hydrogen-bond donors (Lipinski definition) is 0. The lowest BCUT2D eigenvalue weighted by Crippen LogP contribution is -1.93. The Labute approximate surface area is 98.3 Å². The molecule has 0 aromatic carbocycles. The second-order valence-corrected chi connectivity index (χ2v) is 5.02. The molecule has 0 N–H and O–H groups in total. The molecule has 0 amide bonds. The molecule has 0 radical (unpaired) electrons. The first-order chi connectivity index (χ1) is 7.17. The summed E-state index contributed by atoms with van der Waals surface area (Å²) in [5, 5.41) is 1.66. The zero-order valence-electron chi connectivity index (χ0n) is 9.09. The third kappa shape index (κ3) is 1.74. The number of aryl methyl sites for hydroxylation is 3. The third-order valence-electron chi connectivity index (χ3n) is 2.52. The molecule has 2 heterocycles.